The highest BCUT2D eigenvalue weighted by molar-refractivity contribution is 5.85. The van der Waals surface area contributed by atoms with Gasteiger partial charge in [0.25, 0.3) is 0 Å². The highest BCUT2D eigenvalue weighted by atomic mass is 16.5. The lowest BCUT2D eigenvalue weighted by Gasteiger charge is -2.48. The van der Waals surface area contributed by atoms with Crippen LogP contribution in [0.15, 0.2) is 30.5 Å². The molecule has 9 heteroatoms. The van der Waals surface area contributed by atoms with Gasteiger partial charge in [-0.2, -0.15) is 10.2 Å². The average Bonchev–Trinajstić information content (AvgIpc) is 2.79. The number of carbonyl (C=O) groups is 2. The van der Waals surface area contributed by atoms with E-state index in [0.29, 0.717) is 42.4 Å². The number of ether oxygens (including phenoxy) is 2. The van der Waals surface area contributed by atoms with E-state index in [4.69, 9.17) is 9.47 Å². The molecule has 0 spiro atoms. The smallest absolute Gasteiger partial charge is 0.320 e. The molecule has 178 valence electrons. The Morgan fingerprint density at radius 3 is 2.52 bits per heavy atom. The van der Waals surface area contributed by atoms with E-state index in [1.54, 1.807) is 31.3 Å². The van der Waals surface area contributed by atoms with Gasteiger partial charge >= 0.3 is 11.9 Å². The molecule has 0 amide bonds. The molecule has 0 saturated carbocycles. The summed E-state index contributed by atoms with van der Waals surface area (Å²) in [6.07, 6.45) is 2.09. The first-order valence-electron chi connectivity index (χ1n) is 11.2. The standard InChI is InChI=1S/C24H32N4O5/c1-6-32-20-16(9-8-13-25-20)17-10-11-19(27-26-17)24(22(31)33-7-2)12-14-28(23(3,4)5)18(15-24)21(29)30/h8-11,13,18H,6-7,12,14-15H2,1-5H3,(H,29,30). The van der Waals surface area contributed by atoms with E-state index in [9.17, 15) is 14.7 Å². The number of aliphatic carboxylic acids is 1. The van der Waals surface area contributed by atoms with Crippen LogP contribution in [-0.2, 0) is 19.7 Å². The second kappa shape index (κ2) is 9.82. The summed E-state index contributed by atoms with van der Waals surface area (Å²) in [6.45, 7) is 10.6. The number of pyridine rings is 1. The molecule has 1 aliphatic rings. The lowest BCUT2D eigenvalue weighted by molar-refractivity contribution is -0.159. The summed E-state index contributed by atoms with van der Waals surface area (Å²) in [7, 11) is 0. The minimum Gasteiger partial charge on any atom is -0.480 e. The summed E-state index contributed by atoms with van der Waals surface area (Å²) in [4.78, 5) is 31.6. The molecule has 33 heavy (non-hydrogen) atoms. The maximum atomic E-state index is 13.2. The Labute approximate surface area is 194 Å². The van der Waals surface area contributed by atoms with E-state index in [0.717, 1.165) is 0 Å². The topological polar surface area (TPSA) is 115 Å². The van der Waals surface area contributed by atoms with Gasteiger partial charge in [-0.05, 0) is 71.7 Å². The van der Waals surface area contributed by atoms with Gasteiger partial charge in [0.05, 0.1) is 30.2 Å². The first-order chi connectivity index (χ1) is 15.6. The monoisotopic (exact) mass is 456 g/mol. The molecule has 0 radical (unpaired) electrons. The summed E-state index contributed by atoms with van der Waals surface area (Å²) in [6, 6.07) is 6.26. The lowest BCUT2D eigenvalue weighted by Crippen LogP contribution is -2.60. The van der Waals surface area contributed by atoms with Gasteiger partial charge in [-0.15, -0.1) is 0 Å². The Kier molecular flexibility index (Phi) is 7.31. The molecule has 2 aromatic rings. The molecule has 1 saturated heterocycles. The van der Waals surface area contributed by atoms with Crippen LogP contribution >= 0.6 is 0 Å². The van der Waals surface area contributed by atoms with Crippen molar-refractivity contribution in [3.63, 3.8) is 0 Å². The highest BCUT2D eigenvalue weighted by Gasteiger charge is 2.52. The number of carboxylic acid groups (broad SMARTS) is 1. The average molecular weight is 457 g/mol. The van der Waals surface area contributed by atoms with E-state index >= 15 is 0 Å². The van der Waals surface area contributed by atoms with Crippen LogP contribution in [0.3, 0.4) is 0 Å². The van der Waals surface area contributed by atoms with Crippen molar-refractivity contribution in [2.75, 3.05) is 19.8 Å². The van der Waals surface area contributed by atoms with Crippen molar-refractivity contribution >= 4 is 11.9 Å². The van der Waals surface area contributed by atoms with Crippen LogP contribution < -0.4 is 4.74 Å². The van der Waals surface area contributed by atoms with Gasteiger partial charge in [-0.3, -0.25) is 14.5 Å². The van der Waals surface area contributed by atoms with Crippen molar-refractivity contribution < 1.29 is 24.2 Å². The number of hydrogen-bond donors (Lipinski definition) is 1. The number of aromatic nitrogens is 3. The molecule has 3 rings (SSSR count). The summed E-state index contributed by atoms with van der Waals surface area (Å²) < 4.78 is 11.0. The van der Waals surface area contributed by atoms with Gasteiger partial charge in [0.15, 0.2) is 0 Å². The number of esters is 1. The van der Waals surface area contributed by atoms with E-state index in [-0.39, 0.29) is 18.6 Å². The van der Waals surface area contributed by atoms with Gasteiger partial charge < -0.3 is 14.6 Å². The van der Waals surface area contributed by atoms with Crippen LogP contribution in [0, 0.1) is 0 Å². The Balaban J connectivity index is 2.02. The molecular formula is C24H32N4O5. The van der Waals surface area contributed by atoms with Gasteiger partial charge in [-0.1, -0.05) is 0 Å². The number of piperidine rings is 1. The second-order valence-electron chi connectivity index (χ2n) is 9.07. The first-order valence-corrected chi connectivity index (χ1v) is 11.2. The number of hydrogen-bond acceptors (Lipinski definition) is 8. The van der Waals surface area contributed by atoms with Crippen LogP contribution in [0.2, 0.25) is 0 Å². The van der Waals surface area contributed by atoms with Crippen LogP contribution in [0.25, 0.3) is 11.3 Å². The molecule has 1 fully saturated rings. The Morgan fingerprint density at radius 1 is 1.18 bits per heavy atom. The number of likely N-dealkylation sites (tertiary alicyclic amines) is 1. The maximum Gasteiger partial charge on any atom is 0.320 e. The number of carboxylic acids is 1. The van der Waals surface area contributed by atoms with Gasteiger partial charge in [-0.25, -0.2) is 4.98 Å². The molecule has 2 unspecified atom stereocenters. The van der Waals surface area contributed by atoms with E-state index in [2.05, 4.69) is 15.2 Å². The Bertz CT molecular complexity index is 989. The van der Waals surface area contributed by atoms with E-state index in [1.807, 2.05) is 38.7 Å². The molecule has 3 heterocycles. The fourth-order valence-electron chi connectivity index (χ4n) is 4.39. The third kappa shape index (κ3) is 4.98. The lowest BCUT2D eigenvalue weighted by atomic mass is 9.71. The molecule has 0 bridgehead atoms. The van der Waals surface area contributed by atoms with Crippen molar-refractivity contribution in [2.45, 2.75) is 64.5 Å². The van der Waals surface area contributed by atoms with Gasteiger partial charge in [0.1, 0.15) is 11.5 Å². The second-order valence-corrected chi connectivity index (χ2v) is 9.07. The summed E-state index contributed by atoms with van der Waals surface area (Å²) in [5, 5.41) is 18.7. The molecule has 0 aromatic carbocycles. The van der Waals surface area contributed by atoms with Crippen molar-refractivity contribution in [1.29, 1.82) is 0 Å². The van der Waals surface area contributed by atoms with Crippen molar-refractivity contribution in [3.8, 4) is 17.1 Å². The molecular weight excluding hydrogens is 424 g/mol. The first kappa shape index (κ1) is 24.6. The molecule has 1 N–H and O–H groups in total. The maximum absolute atomic E-state index is 13.2. The van der Waals surface area contributed by atoms with E-state index < -0.39 is 23.4 Å². The molecule has 2 atom stereocenters. The Morgan fingerprint density at radius 2 is 1.94 bits per heavy atom. The number of nitrogens with zero attached hydrogens (tertiary/aromatic N) is 4. The number of carbonyl (C=O) groups excluding carboxylic acids is 1. The van der Waals surface area contributed by atoms with Crippen LogP contribution in [0.1, 0.15) is 53.2 Å². The summed E-state index contributed by atoms with van der Waals surface area (Å²) in [5.74, 6) is -0.991. The molecule has 1 aliphatic heterocycles. The quantitative estimate of drug-likeness (QED) is 0.628. The van der Waals surface area contributed by atoms with E-state index in [1.165, 1.54) is 0 Å². The zero-order valence-electron chi connectivity index (χ0n) is 19.9. The van der Waals surface area contributed by atoms with Gasteiger partial charge in [0.2, 0.25) is 5.88 Å². The molecule has 0 aliphatic carbocycles. The number of rotatable bonds is 7. The van der Waals surface area contributed by atoms with Crippen molar-refractivity contribution in [2.24, 2.45) is 0 Å². The molecule has 9 nitrogen and oxygen atoms in total. The third-order valence-electron chi connectivity index (χ3n) is 5.99. The van der Waals surface area contributed by atoms with Gasteiger partial charge in [0, 0.05) is 18.3 Å². The van der Waals surface area contributed by atoms with Crippen molar-refractivity contribution in [3.05, 3.63) is 36.2 Å². The minimum absolute atomic E-state index is 0.0591. The van der Waals surface area contributed by atoms with Crippen LogP contribution in [-0.4, -0.2) is 68.5 Å². The molecule has 2 aromatic heterocycles. The highest BCUT2D eigenvalue weighted by Crippen LogP contribution is 2.41. The summed E-state index contributed by atoms with van der Waals surface area (Å²) in [5.41, 5.74) is 0.0940. The van der Waals surface area contributed by atoms with Crippen LogP contribution in [0.5, 0.6) is 5.88 Å². The van der Waals surface area contributed by atoms with Crippen LogP contribution in [0.4, 0.5) is 0 Å². The summed E-state index contributed by atoms with van der Waals surface area (Å²) >= 11 is 0. The Hall–Kier alpha value is -3.07. The fourth-order valence-corrected chi connectivity index (χ4v) is 4.39. The minimum atomic E-state index is -1.19. The predicted octanol–water partition coefficient (Wildman–Crippen LogP) is 3.09. The predicted molar refractivity (Wildman–Crippen MR) is 122 cm³/mol. The normalized spacial score (nSPS) is 21.4. The third-order valence-corrected chi connectivity index (χ3v) is 5.99. The fraction of sp³-hybridized carbons (Fsp3) is 0.542. The SMILES string of the molecule is CCOC(=O)C1(c2ccc(-c3cccnc3OCC)nn2)CCN(C(C)(C)C)C(C(=O)O)C1. The zero-order valence-corrected chi connectivity index (χ0v) is 19.9. The van der Waals surface area contributed by atoms with Crippen molar-refractivity contribution in [1.82, 2.24) is 20.1 Å². The zero-order chi connectivity index (χ0) is 24.2. The largest absolute Gasteiger partial charge is 0.480 e.